The molecule has 0 atom stereocenters. The number of hydrogen-bond acceptors (Lipinski definition) is 4. The van der Waals surface area contributed by atoms with Gasteiger partial charge in [-0.25, -0.2) is 0 Å². The first-order valence-corrected chi connectivity index (χ1v) is 5.51. The molecule has 0 unspecified atom stereocenters. The highest BCUT2D eigenvalue weighted by molar-refractivity contribution is 7.14. The lowest BCUT2D eigenvalue weighted by Gasteiger charge is -2.03. The molecule has 16 heavy (non-hydrogen) atoms. The van der Waals surface area contributed by atoms with Crippen LogP contribution in [0, 0.1) is 11.3 Å². The van der Waals surface area contributed by atoms with E-state index in [1.807, 2.05) is 5.38 Å². The van der Waals surface area contributed by atoms with E-state index in [0.717, 1.165) is 5.56 Å². The van der Waals surface area contributed by atoms with E-state index in [4.69, 9.17) is 11.0 Å². The highest BCUT2D eigenvalue weighted by Crippen LogP contribution is 2.24. The summed E-state index contributed by atoms with van der Waals surface area (Å²) in [6.07, 6.45) is 1.69. The Morgan fingerprint density at radius 1 is 1.50 bits per heavy atom. The first-order chi connectivity index (χ1) is 7.72. The first kappa shape index (κ1) is 10.5. The molecule has 0 aliphatic carbocycles. The molecule has 0 bridgehead atoms. The maximum atomic E-state index is 11.5. The van der Waals surface area contributed by atoms with Crippen LogP contribution in [-0.4, -0.2) is 4.57 Å². The van der Waals surface area contributed by atoms with Gasteiger partial charge in [0.2, 0.25) is 0 Å². The fraction of sp³-hybridized carbons (Fsp3) is 0.0909. The summed E-state index contributed by atoms with van der Waals surface area (Å²) in [5, 5.41) is 11.2. The van der Waals surface area contributed by atoms with Crippen molar-refractivity contribution in [2.45, 2.75) is 6.54 Å². The maximum absolute atomic E-state index is 11.5. The number of anilines is 1. The number of nitrogen functional groups attached to an aromatic ring is 1. The van der Waals surface area contributed by atoms with Gasteiger partial charge in [-0.15, -0.1) is 11.3 Å². The molecular formula is C11H9N3OS. The van der Waals surface area contributed by atoms with E-state index in [-0.39, 0.29) is 5.56 Å². The van der Waals surface area contributed by atoms with E-state index in [9.17, 15) is 4.79 Å². The van der Waals surface area contributed by atoms with E-state index >= 15 is 0 Å². The zero-order chi connectivity index (χ0) is 11.5. The molecule has 2 aromatic heterocycles. The predicted octanol–water partition coefficient (Wildman–Crippen LogP) is 1.41. The second kappa shape index (κ2) is 4.21. The van der Waals surface area contributed by atoms with Gasteiger partial charge < -0.3 is 10.3 Å². The quantitative estimate of drug-likeness (QED) is 0.849. The average molecular weight is 231 g/mol. The van der Waals surface area contributed by atoms with Gasteiger partial charge >= 0.3 is 0 Å². The van der Waals surface area contributed by atoms with E-state index < -0.39 is 0 Å². The molecule has 4 nitrogen and oxygen atoms in total. The number of hydrogen-bond donors (Lipinski definition) is 1. The van der Waals surface area contributed by atoms with Gasteiger partial charge in [0.05, 0.1) is 12.1 Å². The van der Waals surface area contributed by atoms with E-state index in [1.54, 1.807) is 22.9 Å². The number of nitrogens with zero attached hydrogens (tertiary/aromatic N) is 2. The summed E-state index contributed by atoms with van der Waals surface area (Å²) >= 11 is 1.32. The smallest absolute Gasteiger partial charge is 0.250 e. The molecule has 2 heterocycles. The van der Waals surface area contributed by atoms with Gasteiger partial charge in [0, 0.05) is 17.8 Å². The van der Waals surface area contributed by atoms with Crippen molar-refractivity contribution in [2.24, 2.45) is 0 Å². The van der Waals surface area contributed by atoms with Gasteiger partial charge in [-0.3, -0.25) is 4.79 Å². The van der Waals surface area contributed by atoms with Crippen molar-refractivity contribution < 1.29 is 0 Å². The number of nitrogens with two attached hydrogens (primary N) is 1. The normalized spacial score (nSPS) is 9.94. The van der Waals surface area contributed by atoms with Crippen LogP contribution in [0.5, 0.6) is 0 Å². The molecule has 2 aromatic rings. The number of pyridine rings is 1. The highest BCUT2D eigenvalue weighted by Gasteiger charge is 2.09. The molecule has 0 spiro atoms. The van der Waals surface area contributed by atoms with Crippen LogP contribution in [0.15, 0.2) is 34.6 Å². The Balaban J connectivity index is 2.39. The Labute approximate surface area is 96.2 Å². The third-order valence-corrected chi connectivity index (χ3v) is 3.11. The zero-order valence-electron chi connectivity index (χ0n) is 8.38. The van der Waals surface area contributed by atoms with Crippen LogP contribution in [0.3, 0.4) is 0 Å². The largest absolute Gasteiger partial charge is 0.389 e. The molecule has 2 N–H and O–H groups in total. The minimum absolute atomic E-state index is 0.0869. The van der Waals surface area contributed by atoms with E-state index in [0.29, 0.717) is 17.1 Å². The molecule has 2 rings (SSSR count). The summed E-state index contributed by atoms with van der Waals surface area (Å²) in [5.41, 5.74) is 6.83. The maximum Gasteiger partial charge on any atom is 0.250 e. The monoisotopic (exact) mass is 231 g/mol. The summed E-state index contributed by atoms with van der Waals surface area (Å²) < 4.78 is 1.54. The Kier molecular flexibility index (Phi) is 2.75. The molecule has 0 aromatic carbocycles. The SMILES string of the molecule is N#Cc1c(Cn2ccccc2=O)csc1N. The van der Waals surface area contributed by atoms with Crippen LogP contribution < -0.4 is 11.3 Å². The standard InChI is InChI=1S/C11H9N3OS/c12-5-9-8(7-16-11(9)13)6-14-4-2-1-3-10(14)15/h1-4,7H,6,13H2. The van der Waals surface area contributed by atoms with Crippen molar-refractivity contribution in [3.63, 3.8) is 0 Å². The number of thiophene rings is 1. The molecule has 0 fully saturated rings. The van der Waals surface area contributed by atoms with E-state index in [1.165, 1.54) is 17.4 Å². The van der Waals surface area contributed by atoms with Gasteiger partial charge in [-0.2, -0.15) is 5.26 Å². The lowest BCUT2D eigenvalue weighted by Crippen LogP contribution is -2.18. The fourth-order valence-electron chi connectivity index (χ4n) is 1.43. The lowest BCUT2D eigenvalue weighted by atomic mass is 10.2. The molecule has 0 saturated heterocycles. The lowest BCUT2D eigenvalue weighted by molar-refractivity contribution is 0.760. The van der Waals surface area contributed by atoms with Crippen molar-refractivity contribution in [3.05, 3.63) is 51.3 Å². The summed E-state index contributed by atoms with van der Waals surface area (Å²) in [6.45, 7) is 0.385. The van der Waals surface area contributed by atoms with Gasteiger partial charge in [0.15, 0.2) is 0 Å². The topological polar surface area (TPSA) is 71.8 Å². The van der Waals surface area contributed by atoms with Gasteiger partial charge in [0.1, 0.15) is 11.1 Å². The highest BCUT2D eigenvalue weighted by atomic mass is 32.1. The second-order valence-electron chi connectivity index (χ2n) is 3.28. The van der Waals surface area contributed by atoms with E-state index in [2.05, 4.69) is 6.07 Å². The van der Waals surface area contributed by atoms with Crippen LogP contribution >= 0.6 is 11.3 Å². The number of aromatic nitrogens is 1. The molecule has 0 amide bonds. The van der Waals surface area contributed by atoms with Crippen LogP contribution in [0.4, 0.5) is 5.00 Å². The van der Waals surface area contributed by atoms with Crippen molar-refractivity contribution in [3.8, 4) is 6.07 Å². The van der Waals surface area contributed by atoms with Crippen LogP contribution in [-0.2, 0) is 6.54 Å². The van der Waals surface area contributed by atoms with Crippen molar-refractivity contribution in [1.29, 1.82) is 5.26 Å². The first-order valence-electron chi connectivity index (χ1n) is 4.64. The Morgan fingerprint density at radius 2 is 2.31 bits per heavy atom. The third-order valence-electron chi connectivity index (χ3n) is 2.25. The van der Waals surface area contributed by atoms with Crippen LogP contribution in [0.2, 0.25) is 0 Å². The fourth-order valence-corrected chi connectivity index (χ4v) is 2.18. The summed E-state index contributed by atoms with van der Waals surface area (Å²) in [5.74, 6) is 0. The Hall–Kier alpha value is -2.06. The van der Waals surface area contributed by atoms with Crippen LogP contribution in [0.1, 0.15) is 11.1 Å². The minimum Gasteiger partial charge on any atom is -0.389 e. The molecule has 0 aliphatic rings. The third kappa shape index (κ3) is 1.83. The van der Waals surface area contributed by atoms with Gasteiger partial charge in [-0.1, -0.05) is 6.07 Å². The van der Waals surface area contributed by atoms with Gasteiger partial charge in [-0.05, 0) is 11.4 Å². The summed E-state index contributed by atoms with van der Waals surface area (Å²) in [4.78, 5) is 11.5. The molecule has 0 radical (unpaired) electrons. The van der Waals surface area contributed by atoms with Gasteiger partial charge in [0.25, 0.3) is 5.56 Å². The molecule has 5 heteroatoms. The van der Waals surface area contributed by atoms with Crippen molar-refractivity contribution in [2.75, 3.05) is 5.73 Å². The molecule has 0 aliphatic heterocycles. The number of nitriles is 1. The zero-order valence-corrected chi connectivity index (χ0v) is 9.20. The van der Waals surface area contributed by atoms with Crippen molar-refractivity contribution >= 4 is 16.3 Å². The Bertz CT molecular complexity index is 606. The molecule has 80 valence electrons. The minimum atomic E-state index is -0.0869. The summed E-state index contributed by atoms with van der Waals surface area (Å²) in [6, 6.07) is 7.01. The molecular weight excluding hydrogens is 222 g/mol. The predicted molar refractivity (Wildman–Crippen MR) is 63.3 cm³/mol. The van der Waals surface area contributed by atoms with Crippen molar-refractivity contribution in [1.82, 2.24) is 4.57 Å². The Morgan fingerprint density at radius 3 is 3.00 bits per heavy atom. The average Bonchev–Trinajstić information content (AvgIpc) is 2.63. The molecule has 0 saturated carbocycles. The number of rotatable bonds is 2. The van der Waals surface area contributed by atoms with Crippen LogP contribution in [0.25, 0.3) is 0 Å². The summed E-state index contributed by atoms with van der Waals surface area (Å²) in [7, 11) is 0. The second-order valence-corrected chi connectivity index (χ2v) is 4.19.